The molecule has 1 saturated heterocycles. The summed E-state index contributed by atoms with van der Waals surface area (Å²) in [7, 11) is 0. The third-order valence-electron chi connectivity index (χ3n) is 4.25. The first-order chi connectivity index (χ1) is 11.1. The summed E-state index contributed by atoms with van der Waals surface area (Å²) >= 11 is 1.41. The smallest absolute Gasteiger partial charge is 0.266 e. The molecule has 4 rings (SSSR count). The number of aromatic hydroxyl groups is 1. The Balaban J connectivity index is 0.00000169. The van der Waals surface area contributed by atoms with Crippen LogP contribution in [-0.2, 0) is 0 Å². The summed E-state index contributed by atoms with van der Waals surface area (Å²) in [5, 5.41) is 14.0. The van der Waals surface area contributed by atoms with E-state index in [1.165, 1.54) is 11.3 Å². The molecule has 24 heavy (non-hydrogen) atoms. The molecule has 0 aliphatic carbocycles. The maximum absolute atomic E-state index is 12.1. The van der Waals surface area contributed by atoms with Crippen molar-refractivity contribution >= 4 is 38.4 Å². The monoisotopic (exact) mass is 343 g/mol. The number of pyridine rings is 1. The van der Waals surface area contributed by atoms with E-state index in [4.69, 9.17) is 5.73 Å². The van der Waals surface area contributed by atoms with Gasteiger partial charge in [-0.05, 0) is 23.6 Å². The van der Waals surface area contributed by atoms with Gasteiger partial charge in [0.2, 0.25) is 0 Å². The second kappa shape index (κ2) is 6.39. The summed E-state index contributed by atoms with van der Waals surface area (Å²) in [5.41, 5.74) is 7.17. The molecule has 6 heteroatoms. The number of nitrogens with zero attached hydrogens (tertiary/aromatic N) is 1. The van der Waals surface area contributed by atoms with Crippen molar-refractivity contribution < 1.29 is 5.11 Å². The summed E-state index contributed by atoms with van der Waals surface area (Å²) in [6.45, 7) is 2.63. The lowest BCUT2D eigenvalue weighted by Gasteiger charge is -2.35. The number of aromatic nitrogens is 1. The van der Waals surface area contributed by atoms with Gasteiger partial charge in [0.05, 0.1) is 0 Å². The van der Waals surface area contributed by atoms with Gasteiger partial charge < -0.3 is 15.8 Å². The second-order valence-corrected chi connectivity index (χ2v) is 6.84. The fourth-order valence-electron chi connectivity index (χ4n) is 3.11. The summed E-state index contributed by atoms with van der Waals surface area (Å²) < 4.78 is 0.687. The standard InChI is InChI=1S/C17H17N3O2S.CH4/c18-10-8-20(9-10)6-1-2-11-14(21)4-3-13-15(11)12-5-7-23-16(12)17(22)19-13;/h1-5,7,10,21H,6,8-9,18H2,(H,19,22);1H4/b2-1+;. The molecule has 3 heterocycles. The number of fused-ring (bicyclic) bond motifs is 3. The number of likely N-dealkylation sites (tertiary alicyclic amines) is 1. The minimum atomic E-state index is -0.0855. The van der Waals surface area contributed by atoms with Crippen molar-refractivity contribution in [2.75, 3.05) is 19.6 Å². The Morgan fingerprint density at radius 1 is 1.38 bits per heavy atom. The van der Waals surface area contributed by atoms with Crippen molar-refractivity contribution in [2.45, 2.75) is 13.5 Å². The van der Waals surface area contributed by atoms with Crippen molar-refractivity contribution in [1.82, 2.24) is 9.88 Å². The molecule has 3 aromatic rings. The van der Waals surface area contributed by atoms with Crippen LogP contribution < -0.4 is 11.3 Å². The number of H-pyrrole nitrogens is 1. The molecule has 0 spiro atoms. The van der Waals surface area contributed by atoms with Crippen molar-refractivity contribution in [3.63, 3.8) is 0 Å². The normalized spacial score (nSPS) is 15.9. The van der Waals surface area contributed by atoms with Crippen LogP contribution in [0.1, 0.15) is 13.0 Å². The molecule has 0 unspecified atom stereocenters. The quantitative estimate of drug-likeness (QED) is 0.683. The van der Waals surface area contributed by atoms with Crippen molar-refractivity contribution in [1.29, 1.82) is 0 Å². The van der Waals surface area contributed by atoms with E-state index in [0.717, 1.165) is 41.5 Å². The highest BCUT2D eigenvalue weighted by molar-refractivity contribution is 7.17. The van der Waals surface area contributed by atoms with Gasteiger partial charge in [0.1, 0.15) is 10.4 Å². The Morgan fingerprint density at radius 2 is 2.17 bits per heavy atom. The maximum Gasteiger partial charge on any atom is 0.266 e. The molecule has 0 amide bonds. The Bertz CT molecular complexity index is 967. The molecule has 126 valence electrons. The number of hydrogen-bond donors (Lipinski definition) is 3. The highest BCUT2D eigenvalue weighted by atomic mass is 32.1. The number of nitrogens with two attached hydrogens (primary N) is 1. The minimum Gasteiger partial charge on any atom is -0.507 e. The van der Waals surface area contributed by atoms with Gasteiger partial charge >= 0.3 is 0 Å². The highest BCUT2D eigenvalue weighted by Gasteiger charge is 2.21. The molecule has 0 saturated carbocycles. The largest absolute Gasteiger partial charge is 0.507 e. The average molecular weight is 343 g/mol. The SMILES string of the molecule is C.NC1CN(C/C=C/c2c(O)ccc3[nH]c(=O)c4sccc4c23)C1. The number of rotatable bonds is 3. The van der Waals surface area contributed by atoms with Gasteiger partial charge in [-0.1, -0.05) is 19.6 Å². The number of phenols is 1. The lowest BCUT2D eigenvalue weighted by Crippen LogP contribution is -2.55. The van der Waals surface area contributed by atoms with E-state index in [0.29, 0.717) is 4.70 Å². The molecule has 0 bridgehead atoms. The first-order valence-corrected chi connectivity index (χ1v) is 8.41. The van der Waals surface area contributed by atoms with Crippen LogP contribution in [-0.4, -0.2) is 40.7 Å². The number of hydrogen-bond acceptors (Lipinski definition) is 5. The molecule has 5 nitrogen and oxygen atoms in total. The van der Waals surface area contributed by atoms with Gasteiger partial charge in [0, 0.05) is 47.5 Å². The van der Waals surface area contributed by atoms with Gasteiger partial charge in [-0.15, -0.1) is 11.3 Å². The molecule has 1 aliphatic heterocycles. The number of thiophene rings is 1. The number of phenolic OH excluding ortho intramolecular Hbond substituents is 1. The Kier molecular flexibility index (Phi) is 4.45. The Morgan fingerprint density at radius 3 is 2.92 bits per heavy atom. The van der Waals surface area contributed by atoms with E-state index in [9.17, 15) is 9.90 Å². The van der Waals surface area contributed by atoms with Gasteiger partial charge in [-0.25, -0.2) is 0 Å². The molecular formula is C18H21N3O2S. The van der Waals surface area contributed by atoms with Crippen LogP contribution in [0.4, 0.5) is 0 Å². The lowest BCUT2D eigenvalue weighted by molar-refractivity contribution is 0.170. The average Bonchev–Trinajstić information content (AvgIpc) is 2.98. The van der Waals surface area contributed by atoms with Crippen LogP contribution in [0.15, 0.2) is 34.4 Å². The maximum atomic E-state index is 12.1. The van der Waals surface area contributed by atoms with Crippen LogP contribution in [0, 0.1) is 0 Å². The first-order valence-electron chi connectivity index (χ1n) is 7.53. The van der Waals surface area contributed by atoms with E-state index in [1.54, 1.807) is 12.1 Å². The Hall–Kier alpha value is -2.15. The van der Waals surface area contributed by atoms with E-state index in [2.05, 4.69) is 9.88 Å². The predicted octanol–water partition coefficient (Wildman–Crippen LogP) is 2.74. The van der Waals surface area contributed by atoms with Crippen molar-refractivity contribution in [3.05, 3.63) is 45.6 Å². The molecule has 4 N–H and O–H groups in total. The molecule has 1 fully saturated rings. The molecule has 0 radical (unpaired) electrons. The van der Waals surface area contributed by atoms with Crippen LogP contribution >= 0.6 is 11.3 Å². The predicted molar refractivity (Wildman–Crippen MR) is 102 cm³/mol. The fraction of sp³-hybridized carbons (Fsp3) is 0.278. The zero-order valence-electron chi connectivity index (χ0n) is 12.5. The van der Waals surface area contributed by atoms with Gasteiger partial charge in [-0.3, -0.25) is 9.69 Å². The van der Waals surface area contributed by atoms with Crippen molar-refractivity contribution in [3.8, 4) is 5.75 Å². The first kappa shape index (κ1) is 16.7. The molecule has 1 aliphatic rings. The van der Waals surface area contributed by atoms with Gasteiger partial charge in [0.25, 0.3) is 5.56 Å². The fourth-order valence-corrected chi connectivity index (χ4v) is 3.91. The molecule has 0 atom stereocenters. The highest BCUT2D eigenvalue weighted by Crippen LogP contribution is 2.33. The Labute approximate surface area is 144 Å². The van der Waals surface area contributed by atoms with Crippen LogP contribution in [0.25, 0.3) is 27.1 Å². The number of benzene rings is 1. The van der Waals surface area contributed by atoms with Crippen LogP contribution in [0.3, 0.4) is 0 Å². The molecular weight excluding hydrogens is 322 g/mol. The van der Waals surface area contributed by atoms with Crippen LogP contribution in [0.2, 0.25) is 0 Å². The topological polar surface area (TPSA) is 82.3 Å². The zero-order chi connectivity index (χ0) is 16.0. The van der Waals surface area contributed by atoms with Gasteiger partial charge in [0.15, 0.2) is 0 Å². The molecule has 2 aromatic heterocycles. The summed E-state index contributed by atoms with van der Waals surface area (Å²) in [6.07, 6.45) is 3.96. The van der Waals surface area contributed by atoms with E-state index >= 15 is 0 Å². The second-order valence-electron chi connectivity index (χ2n) is 5.92. The summed E-state index contributed by atoms with van der Waals surface area (Å²) in [4.78, 5) is 17.2. The zero-order valence-corrected chi connectivity index (χ0v) is 13.3. The van der Waals surface area contributed by atoms with E-state index in [-0.39, 0.29) is 24.8 Å². The van der Waals surface area contributed by atoms with Gasteiger partial charge in [-0.2, -0.15) is 0 Å². The third-order valence-corrected chi connectivity index (χ3v) is 5.16. The van der Waals surface area contributed by atoms with E-state index < -0.39 is 0 Å². The molecule has 1 aromatic carbocycles. The number of nitrogens with one attached hydrogen (secondary N) is 1. The number of aromatic amines is 1. The minimum absolute atomic E-state index is 0. The van der Waals surface area contributed by atoms with Crippen molar-refractivity contribution in [2.24, 2.45) is 5.73 Å². The van der Waals surface area contributed by atoms with E-state index in [1.807, 2.05) is 23.6 Å². The van der Waals surface area contributed by atoms with Crippen LogP contribution in [0.5, 0.6) is 5.75 Å². The summed E-state index contributed by atoms with van der Waals surface area (Å²) in [5.74, 6) is 0.216. The summed E-state index contributed by atoms with van der Waals surface area (Å²) in [6, 6.07) is 5.58. The lowest BCUT2D eigenvalue weighted by atomic mass is 10.0. The third kappa shape index (κ3) is 2.73.